The van der Waals surface area contributed by atoms with Gasteiger partial charge in [0.15, 0.2) is 5.78 Å². The molecule has 1 nitrogen and oxygen atoms in total. The van der Waals surface area contributed by atoms with E-state index in [9.17, 15) is 4.79 Å². The number of Topliss-reactive ketones (excluding diaryl/α,β-unsaturated/α-hetero) is 1. The van der Waals surface area contributed by atoms with E-state index in [1.807, 2.05) is 0 Å². The molecule has 0 aliphatic rings. The number of carbonyl (C=O) groups excluding carboxylic acids is 1. The van der Waals surface area contributed by atoms with Crippen molar-refractivity contribution in [3.05, 3.63) is 33.9 Å². The average molecular weight is 250 g/mol. The normalized spacial score (nSPS) is 10.6. The van der Waals surface area contributed by atoms with E-state index in [1.165, 1.54) is 11.1 Å². The molecule has 0 heterocycles. The van der Waals surface area contributed by atoms with Gasteiger partial charge in [-0.05, 0) is 62.1 Å². The monoisotopic (exact) mass is 250 g/mol. The zero-order valence-corrected chi connectivity index (χ0v) is 12.3. The molecule has 0 spiro atoms. The van der Waals surface area contributed by atoms with Crippen molar-refractivity contribution in [2.45, 2.75) is 41.0 Å². The van der Waals surface area contributed by atoms with Gasteiger partial charge in [-0.25, -0.2) is 0 Å². The van der Waals surface area contributed by atoms with Gasteiger partial charge in [0.2, 0.25) is 0 Å². The van der Waals surface area contributed by atoms with Gasteiger partial charge < -0.3 is 0 Å². The summed E-state index contributed by atoms with van der Waals surface area (Å²) >= 11 is 1.74. The lowest BCUT2D eigenvalue weighted by molar-refractivity contribution is 0.102. The fraction of sp³-hybridized carbons (Fsp3) is 0.533. The Labute approximate surface area is 109 Å². The molecule has 94 valence electrons. The van der Waals surface area contributed by atoms with Gasteiger partial charge in [0.25, 0.3) is 0 Å². The van der Waals surface area contributed by atoms with E-state index in [1.54, 1.807) is 11.8 Å². The standard InChI is InChI=1S/C15H22OS/c1-6-7-17-9-14(16)15-12(4)10(2)8-11(3)13(15)5/h8H,6-7,9H2,1-5H3. The van der Waals surface area contributed by atoms with Crippen LogP contribution in [0.2, 0.25) is 0 Å². The molecule has 1 aromatic rings. The van der Waals surface area contributed by atoms with Crippen molar-refractivity contribution in [1.29, 1.82) is 0 Å². The Morgan fingerprint density at radius 1 is 1.12 bits per heavy atom. The van der Waals surface area contributed by atoms with E-state index >= 15 is 0 Å². The average Bonchev–Trinajstić information content (AvgIpc) is 2.27. The lowest BCUT2D eigenvalue weighted by atomic mass is 9.92. The summed E-state index contributed by atoms with van der Waals surface area (Å²) in [5.74, 6) is 1.96. The second-order valence-electron chi connectivity index (χ2n) is 4.61. The minimum absolute atomic E-state index is 0.283. The number of hydrogen-bond donors (Lipinski definition) is 0. The maximum absolute atomic E-state index is 12.2. The Bertz CT molecular complexity index is 395. The first-order valence-electron chi connectivity index (χ1n) is 6.17. The van der Waals surface area contributed by atoms with Crippen LogP contribution < -0.4 is 0 Å². The Balaban J connectivity index is 3.00. The third-order valence-electron chi connectivity index (χ3n) is 3.23. The lowest BCUT2D eigenvalue weighted by Crippen LogP contribution is -2.10. The van der Waals surface area contributed by atoms with Crippen molar-refractivity contribution in [3.8, 4) is 0 Å². The molecular weight excluding hydrogens is 228 g/mol. The zero-order valence-electron chi connectivity index (χ0n) is 11.5. The van der Waals surface area contributed by atoms with Gasteiger partial charge in [-0.15, -0.1) is 0 Å². The van der Waals surface area contributed by atoms with E-state index in [4.69, 9.17) is 0 Å². The second kappa shape index (κ2) is 6.25. The highest BCUT2D eigenvalue weighted by Gasteiger charge is 2.15. The Morgan fingerprint density at radius 3 is 2.12 bits per heavy atom. The molecule has 1 aromatic carbocycles. The molecule has 0 atom stereocenters. The molecule has 0 unspecified atom stereocenters. The van der Waals surface area contributed by atoms with Crippen molar-refractivity contribution in [2.75, 3.05) is 11.5 Å². The molecule has 0 aromatic heterocycles. The van der Waals surface area contributed by atoms with Gasteiger partial charge in [-0.3, -0.25) is 4.79 Å². The minimum atomic E-state index is 0.283. The van der Waals surface area contributed by atoms with Crippen molar-refractivity contribution in [3.63, 3.8) is 0 Å². The molecule has 17 heavy (non-hydrogen) atoms. The molecular formula is C15H22OS. The summed E-state index contributed by atoms with van der Waals surface area (Å²) in [5.41, 5.74) is 5.69. The van der Waals surface area contributed by atoms with Crippen LogP contribution in [0.3, 0.4) is 0 Å². The molecule has 0 saturated heterocycles. The van der Waals surface area contributed by atoms with Crippen LogP contribution in [0.1, 0.15) is 46.0 Å². The van der Waals surface area contributed by atoms with Crippen LogP contribution in [0.5, 0.6) is 0 Å². The van der Waals surface area contributed by atoms with E-state index in [-0.39, 0.29) is 5.78 Å². The summed E-state index contributed by atoms with van der Waals surface area (Å²) < 4.78 is 0. The predicted molar refractivity (Wildman–Crippen MR) is 77.3 cm³/mol. The maximum Gasteiger partial charge on any atom is 0.173 e. The predicted octanol–water partition coefficient (Wildman–Crippen LogP) is 4.25. The van der Waals surface area contributed by atoms with Gasteiger partial charge in [0.1, 0.15) is 0 Å². The third-order valence-corrected chi connectivity index (χ3v) is 4.39. The van der Waals surface area contributed by atoms with E-state index in [0.717, 1.165) is 28.9 Å². The summed E-state index contributed by atoms with van der Waals surface area (Å²) in [6.07, 6.45) is 1.13. The van der Waals surface area contributed by atoms with Crippen molar-refractivity contribution < 1.29 is 4.79 Å². The molecule has 0 radical (unpaired) electrons. The Hall–Kier alpha value is -0.760. The van der Waals surface area contributed by atoms with Crippen LogP contribution in [0.25, 0.3) is 0 Å². The van der Waals surface area contributed by atoms with E-state index in [0.29, 0.717) is 5.75 Å². The van der Waals surface area contributed by atoms with Gasteiger partial charge in [-0.2, -0.15) is 11.8 Å². The van der Waals surface area contributed by atoms with Crippen LogP contribution in [0.15, 0.2) is 6.07 Å². The van der Waals surface area contributed by atoms with Crippen LogP contribution in [0, 0.1) is 27.7 Å². The summed E-state index contributed by atoms with van der Waals surface area (Å²) in [6.45, 7) is 10.4. The third kappa shape index (κ3) is 3.35. The minimum Gasteiger partial charge on any atom is -0.293 e. The first-order valence-corrected chi connectivity index (χ1v) is 7.32. The Kier molecular flexibility index (Phi) is 5.26. The van der Waals surface area contributed by atoms with Gasteiger partial charge in [0, 0.05) is 5.56 Å². The number of thioether (sulfide) groups is 1. The number of aryl methyl sites for hydroxylation is 2. The zero-order chi connectivity index (χ0) is 13.0. The fourth-order valence-electron chi connectivity index (χ4n) is 2.02. The largest absolute Gasteiger partial charge is 0.293 e. The van der Waals surface area contributed by atoms with Gasteiger partial charge in [0.05, 0.1) is 5.75 Å². The molecule has 1 rings (SSSR count). The molecule has 2 heteroatoms. The molecule has 0 N–H and O–H groups in total. The van der Waals surface area contributed by atoms with Gasteiger partial charge >= 0.3 is 0 Å². The van der Waals surface area contributed by atoms with E-state index in [2.05, 4.69) is 40.7 Å². The highest BCUT2D eigenvalue weighted by molar-refractivity contribution is 7.99. The first kappa shape index (κ1) is 14.3. The Morgan fingerprint density at radius 2 is 1.65 bits per heavy atom. The van der Waals surface area contributed by atoms with Crippen molar-refractivity contribution in [2.24, 2.45) is 0 Å². The molecule has 0 saturated carbocycles. The molecule has 0 amide bonds. The summed E-state index contributed by atoms with van der Waals surface area (Å²) in [4.78, 5) is 12.2. The number of ketones is 1. The molecule has 0 aliphatic heterocycles. The number of benzene rings is 1. The van der Waals surface area contributed by atoms with Crippen LogP contribution in [0.4, 0.5) is 0 Å². The molecule has 0 aliphatic carbocycles. The van der Waals surface area contributed by atoms with Crippen LogP contribution >= 0.6 is 11.8 Å². The highest BCUT2D eigenvalue weighted by atomic mass is 32.2. The van der Waals surface area contributed by atoms with E-state index < -0.39 is 0 Å². The number of hydrogen-bond acceptors (Lipinski definition) is 2. The number of rotatable bonds is 5. The van der Waals surface area contributed by atoms with Crippen LogP contribution in [-0.4, -0.2) is 17.3 Å². The van der Waals surface area contributed by atoms with Gasteiger partial charge in [-0.1, -0.05) is 13.0 Å². The highest BCUT2D eigenvalue weighted by Crippen LogP contribution is 2.23. The van der Waals surface area contributed by atoms with Crippen molar-refractivity contribution in [1.82, 2.24) is 0 Å². The molecule has 0 fully saturated rings. The number of carbonyl (C=O) groups is 1. The molecule has 0 bridgehead atoms. The second-order valence-corrected chi connectivity index (χ2v) is 5.72. The van der Waals surface area contributed by atoms with Crippen molar-refractivity contribution >= 4 is 17.5 Å². The quantitative estimate of drug-likeness (QED) is 0.574. The smallest absolute Gasteiger partial charge is 0.173 e. The summed E-state index contributed by atoms with van der Waals surface area (Å²) in [6, 6.07) is 2.17. The summed E-state index contributed by atoms with van der Waals surface area (Å²) in [5, 5.41) is 0. The summed E-state index contributed by atoms with van der Waals surface area (Å²) in [7, 11) is 0. The van der Waals surface area contributed by atoms with Crippen LogP contribution in [-0.2, 0) is 0 Å². The maximum atomic E-state index is 12.2. The topological polar surface area (TPSA) is 17.1 Å². The fourth-order valence-corrected chi connectivity index (χ4v) is 2.78. The SMILES string of the molecule is CCCSCC(=O)c1c(C)c(C)cc(C)c1C. The first-order chi connectivity index (χ1) is 7.99. The lowest BCUT2D eigenvalue weighted by Gasteiger charge is -2.14.